The van der Waals surface area contributed by atoms with Crippen LogP contribution >= 0.6 is 11.3 Å². The summed E-state index contributed by atoms with van der Waals surface area (Å²) >= 11 is 0.905. The molecule has 1 amide bonds. The van der Waals surface area contributed by atoms with E-state index in [0.717, 1.165) is 16.2 Å². The van der Waals surface area contributed by atoms with E-state index in [1.54, 1.807) is 39.0 Å². The number of phenols is 1. The molecule has 0 radical (unpaired) electrons. The van der Waals surface area contributed by atoms with Crippen LogP contribution in [0.1, 0.15) is 46.4 Å². The van der Waals surface area contributed by atoms with Crippen LogP contribution in [0.15, 0.2) is 48.0 Å². The predicted octanol–water partition coefficient (Wildman–Crippen LogP) is 4.37. The van der Waals surface area contributed by atoms with Gasteiger partial charge in [0.05, 0.1) is 37.6 Å². The quantitative estimate of drug-likeness (QED) is 0.185. The number of nitrogens with zero attached hydrogens (tertiary/aromatic N) is 2. The molecule has 2 N–H and O–H groups in total. The Morgan fingerprint density at radius 1 is 1.13 bits per heavy atom. The van der Waals surface area contributed by atoms with Gasteiger partial charge in [0.15, 0.2) is 16.6 Å². The van der Waals surface area contributed by atoms with Crippen LogP contribution < -0.4 is 14.4 Å². The highest BCUT2D eigenvalue weighted by molar-refractivity contribution is 7.17. The Hall–Kier alpha value is -4.38. The molecule has 0 spiro atoms. The standard InChI is InChI=1S/C27H26N2O8S/c1-5-36-19-13-15(10-11-18(19)30)21-20(22(31)16-8-7-9-17(12-16)35-4)23(32)25(33)29(21)27-28-14(3)24(38-27)26(34)37-6-2/h7-13,21,30-31H,5-6H2,1-4H3/b22-20+. The number of amides is 1. The number of thiazole rings is 1. The fourth-order valence-electron chi connectivity index (χ4n) is 4.11. The summed E-state index contributed by atoms with van der Waals surface area (Å²) in [5.74, 6) is -2.44. The number of aliphatic hydroxyl groups is 1. The average molecular weight is 539 g/mol. The summed E-state index contributed by atoms with van der Waals surface area (Å²) in [5.41, 5.74) is 0.777. The van der Waals surface area contributed by atoms with Crippen LogP contribution in [-0.2, 0) is 14.3 Å². The van der Waals surface area contributed by atoms with E-state index in [2.05, 4.69) is 4.98 Å². The van der Waals surface area contributed by atoms with Gasteiger partial charge in [-0.15, -0.1) is 0 Å². The van der Waals surface area contributed by atoms with Gasteiger partial charge in [0.2, 0.25) is 0 Å². The normalized spacial score (nSPS) is 16.5. The largest absolute Gasteiger partial charge is 0.507 e. The van der Waals surface area contributed by atoms with Gasteiger partial charge in [-0.3, -0.25) is 14.5 Å². The molecule has 1 saturated heterocycles. The number of ether oxygens (including phenoxy) is 3. The Balaban J connectivity index is 1.95. The summed E-state index contributed by atoms with van der Waals surface area (Å²) in [5, 5.41) is 21.6. The van der Waals surface area contributed by atoms with E-state index in [9.17, 15) is 24.6 Å². The third-order valence-electron chi connectivity index (χ3n) is 5.84. The number of rotatable bonds is 8. The fourth-order valence-corrected chi connectivity index (χ4v) is 5.10. The lowest BCUT2D eigenvalue weighted by Gasteiger charge is -2.23. The summed E-state index contributed by atoms with van der Waals surface area (Å²) < 4.78 is 15.8. The zero-order chi connectivity index (χ0) is 27.6. The molecule has 198 valence electrons. The molecule has 1 unspecified atom stereocenters. The number of benzene rings is 2. The second-order valence-electron chi connectivity index (χ2n) is 8.19. The van der Waals surface area contributed by atoms with Gasteiger partial charge in [0, 0.05) is 5.56 Å². The molecule has 3 aromatic rings. The SMILES string of the molecule is CCOC(=O)c1sc(N2C(=O)C(=O)/C(=C(/O)c3cccc(OC)c3)C2c2ccc(O)c(OCC)c2)nc1C. The zero-order valence-electron chi connectivity index (χ0n) is 21.2. The van der Waals surface area contributed by atoms with E-state index >= 15 is 0 Å². The maximum atomic E-state index is 13.4. The Bertz CT molecular complexity index is 1440. The topological polar surface area (TPSA) is 135 Å². The molecule has 38 heavy (non-hydrogen) atoms. The molecule has 0 bridgehead atoms. The molecule has 11 heteroatoms. The number of aromatic hydroxyl groups is 1. The molecule has 2 aromatic carbocycles. The molecule has 0 saturated carbocycles. The molecular formula is C27H26N2O8S. The van der Waals surface area contributed by atoms with Gasteiger partial charge in [-0.05, 0) is 50.6 Å². The highest BCUT2D eigenvalue weighted by Gasteiger charge is 2.48. The lowest BCUT2D eigenvalue weighted by Crippen LogP contribution is -2.29. The molecule has 1 fully saturated rings. The minimum absolute atomic E-state index is 0.0772. The molecule has 1 aromatic heterocycles. The summed E-state index contributed by atoms with van der Waals surface area (Å²) in [6, 6.07) is 9.69. The predicted molar refractivity (Wildman–Crippen MR) is 140 cm³/mol. The number of carbonyl (C=O) groups excluding carboxylic acids is 3. The van der Waals surface area contributed by atoms with Gasteiger partial charge in [0.25, 0.3) is 5.78 Å². The number of aryl methyl sites for hydroxylation is 1. The highest BCUT2D eigenvalue weighted by Crippen LogP contribution is 2.45. The minimum Gasteiger partial charge on any atom is -0.507 e. The maximum absolute atomic E-state index is 13.4. The van der Waals surface area contributed by atoms with E-state index < -0.39 is 29.5 Å². The summed E-state index contributed by atoms with van der Waals surface area (Å²) in [4.78, 5) is 45.0. The van der Waals surface area contributed by atoms with E-state index in [4.69, 9.17) is 14.2 Å². The lowest BCUT2D eigenvalue weighted by molar-refractivity contribution is -0.132. The number of Topliss-reactive ketones (excluding diaryl/α,β-unsaturated/α-hetero) is 1. The Morgan fingerprint density at radius 3 is 2.58 bits per heavy atom. The number of hydrogen-bond donors (Lipinski definition) is 2. The Morgan fingerprint density at radius 2 is 1.89 bits per heavy atom. The van der Waals surface area contributed by atoms with Crippen molar-refractivity contribution in [1.82, 2.24) is 4.98 Å². The molecule has 1 aliphatic rings. The number of phenolic OH excluding ortho intramolecular Hbond substituents is 1. The van der Waals surface area contributed by atoms with Crippen LogP contribution in [0.2, 0.25) is 0 Å². The van der Waals surface area contributed by atoms with E-state index in [1.807, 2.05) is 0 Å². The number of aromatic nitrogens is 1. The van der Waals surface area contributed by atoms with Gasteiger partial charge in [-0.1, -0.05) is 29.5 Å². The first kappa shape index (κ1) is 26.7. The first-order valence-electron chi connectivity index (χ1n) is 11.8. The van der Waals surface area contributed by atoms with Gasteiger partial charge < -0.3 is 24.4 Å². The van der Waals surface area contributed by atoms with Crippen molar-refractivity contribution < 1.29 is 38.8 Å². The Labute approximate surface area is 222 Å². The molecule has 10 nitrogen and oxygen atoms in total. The number of methoxy groups -OCH3 is 1. The smallest absolute Gasteiger partial charge is 0.350 e. The molecule has 1 aliphatic heterocycles. The highest BCUT2D eigenvalue weighted by atomic mass is 32.1. The zero-order valence-corrected chi connectivity index (χ0v) is 22.0. The average Bonchev–Trinajstić information content (AvgIpc) is 3.42. The first-order valence-corrected chi connectivity index (χ1v) is 12.6. The van der Waals surface area contributed by atoms with Crippen molar-refractivity contribution in [3.05, 3.63) is 69.7 Å². The maximum Gasteiger partial charge on any atom is 0.350 e. The van der Waals surface area contributed by atoms with Crippen LogP contribution in [-0.4, -0.2) is 53.2 Å². The Kier molecular flexibility index (Phi) is 7.67. The van der Waals surface area contributed by atoms with Crippen molar-refractivity contribution in [2.45, 2.75) is 26.8 Å². The molecule has 4 rings (SSSR count). The van der Waals surface area contributed by atoms with E-state index in [0.29, 0.717) is 17.0 Å². The van der Waals surface area contributed by atoms with Crippen LogP contribution in [0.3, 0.4) is 0 Å². The van der Waals surface area contributed by atoms with Crippen molar-refractivity contribution in [3.63, 3.8) is 0 Å². The van der Waals surface area contributed by atoms with Crippen molar-refractivity contribution >= 4 is 39.9 Å². The third kappa shape index (κ3) is 4.80. The van der Waals surface area contributed by atoms with Gasteiger partial charge in [-0.2, -0.15) is 0 Å². The third-order valence-corrected chi connectivity index (χ3v) is 6.98. The summed E-state index contributed by atoms with van der Waals surface area (Å²) in [6.07, 6.45) is 0. The van der Waals surface area contributed by atoms with Crippen LogP contribution in [0.5, 0.6) is 17.2 Å². The number of aliphatic hydroxyl groups excluding tert-OH is 1. The summed E-state index contributed by atoms with van der Waals surface area (Å²) in [6.45, 7) is 5.44. The van der Waals surface area contributed by atoms with Gasteiger partial charge in [-0.25, -0.2) is 9.78 Å². The van der Waals surface area contributed by atoms with Crippen LogP contribution in [0.25, 0.3) is 5.76 Å². The first-order chi connectivity index (χ1) is 18.2. The van der Waals surface area contributed by atoms with Gasteiger partial charge in [0.1, 0.15) is 16.4 Å². The molecule has 2 heterocycles. The monoisotopic (exact) mass is 538 g/mol. The number of anilines is 1. The fraction of sp³-hybridized carbons (Fsp3) is 0.259. The van der Waals surface area contributed by atoms with Crippen LogP contribution in [0, 0.1) is 6.92 Å². The number of hydrogen-bond acceptors (Lipinski definition) is 10. The second-order valence-corrected chi connectivity index (χ2v) is 9.17. The van der Waals surface area contributed by atoms with Gasteiger partial charge >= 0.3 is 11.9 Å². The molecule has 1 atom stereocenters. The van der Waals surface area contributed by atoms with Crippen LogP contribution in [0.4, 0.5) is 5.13 Å². The summed E-state index contributed by atoms with van der Waals surface area (Å²) in [7, 11) is 1.47. The number of ketones is 1. The number of carbonyl (C=O) groups is 3. The lowest BCUT2D eigenvalue weighted by atomic mass is 9.95. The molecular weight excluding hydrogens is 512 g/mol. The van der Waals surface area contributed by atoms with Crippen molar-refractivity contribution in [2.75, 3.05) is 25.2 Å². The van der Waals surface area contributed by atoms with Crippen molar-refractivity contribution in [1.29, 1.82) is 0 Å². The van der Waals surface area contributed by atoms with E-state index in [1.165, 1.54) is 31.4 Å². The second kappa shape index (κ2) is 10.9. The molecule has 0 aliphatic carbocycles. The van der Waals surface area contributed by atoms with Crippen molar-refractivity contribution in [2.24, 2.45) is 0 Å². The minimum atomic E-state index is -1.14. The number of esters is 1. The van der Waals surface area contributed by atoms with Crippen molar-refractivity contribution in [3.8, 4) is 17.2 Å². The van der Waals surface area contributed by atoms with E-state index in [-0.39, 0.29) is 45.9 Å².